The minimum Gasteiger partial charge on any atom is -0.370 e. The Balaban J connectivity index is 3.95. The third-order valence-corrected chi connectivity index (χ3v) is 1.74. The number of carbonyl (C=O) groups excluding carboxylic acids is 1. The molecular weight excluding hydrogens is 190 g/mol. The second-order valence-corrected chi connectivity index (χ2v) is 3.28. The van der Waals surface area contributed by atoms with Gasteiger partial charge in [-0.15, -0.1) is 0 Å². The molecule has 0 saturated heterocycles. The Hall–Kier alpha value is -1.58. The number of hydrogen-bond acceptors (Lipinski definition) is 1. The fraction of sp³-hybridized carbons (Fsp3) is 0.455. The van der Waals surface area contributed by atoms with Crippen LogP contribution in [0.25, 0.3) is 0 Å². The van der Waals surface area contributed by atoms with Crippen LogP contribution in [0.5, 0.6) is 0 Å². The Labute approximate surface area is 90.7 Å². The minimum atomic E-state index is -0.276. The van der Waals surface area contributed by atoms with Crippen LogP contribution in [0, 0.1) is 0 Å². The van der Waals surface area contributed by atoms with Crippen molar-refractivity contribution in [3.05, 3.63) is 23.8 Å². The first-order valence-corrected chi connectivity index (χ1v) is 5.01. The first-order valence-electron chi connectivity index (χ1n) is 5.01. The predicted octanol–water partition coefficient (Wildman–Crippen LogP) is 1.48. The lowest BCUT2D eigenvalue weighted by Gasteiger charge is -1.97. The Morgan fingerprint density at radius 1 is 1.33 bits per heavy atom. The Morgan fingerprint density at radius 2 is 2.00 bits per heavy atom. The molecule has 0 unspecified atom stereocenters. The van der Waals surface area contributed by atoms with Crippen LogP contribution in [0.2, 0.25) is 0 Å². The first-order chi connectivity index (χ1) is 7.06. The van der Waals surface area contributed by atoms with Gasteiger partial charge in [0.2, 0.25) is 5.91 Å². The van der Waals surface area contributed by atoms with Gasteiger partial charge in [0.05, 0.1) is 0 Å². The lowest BCUT2D eigenvalue weighted by atomic mass is 10.1. The van der Waals surface area contributed by atoms with E-state index in [1.54, 1.807) is 0 Å². The van der Waals surface area contributed by atoms with Crippen LogP contribution >= 0.6 is 0 Å². The first kappa shape index (κ1) is 13.4. The molecule has 0 aromatic heterocycles. The average Bonchev–Trinajstić information content (AvgIpc) is 2.14. The topological polar surface area (TPSA) is 81.5 Å². The molecule has 0 aromatic carbocycles. The summed E-state index contributed by atoms with van der Waals surface area (Å²) < 4.78 is 0. The lowest BCUT2D eigenvalue weighted by Crippen LogP contribution is -2.24. The zero-order chi connectivity index (χ0) is 11.7. The van der Waals surface area contributed by atoms with Gasteiger partial charge in [-0.2, -0.15) is 4.99 Å². The van der Waals surface area contributed by atoms with Gasteiger partial charge in [0.1, 0.15) is 0 Å². The minimum absolute atomic E-state index is 0.174. The maximum atomic E-state index is 11.1. The highest BCUT2D eigenvalue weighted by molar-refractivity contribution is 5.91. The van der Waals surface area contributed by atoms with Crippen molar-refractivity contribution in [2.75, 3.05) is 0 Å². The second-order valence-electron chi connectivity index (χ2n) is 3.28. The average molecular weight is 209 g/mol. The van der Waals surface area contributed by atoms with E-state index in [0.717, 1.165) is 12.0 Å². The van der Waals surface area contributed by atoms with E-state index in [1.165, 1.54) is 0 Å². The zero-order valence-electron chi connectivity index (χ0n) is 9.36. The number of nitrogens with two attached hydrogens (primary N) is 2. The Kier molecular flexibility index (Phi) is 6.97. The van der Waals surface area contributed by atoms with Crippen LogP contribution < -0.4 is 11.5 Å². The summed E-state index contributed by atoms with van der Waals surface area (Å²) in [6, 6.07) is 0. The fourth-order valence-electron chi connectivity index (χ4n) is 0.956. The number of guanidine groups is 1. The molecule has 0 aliphatic carbocycles. The molecule has 0 rings (SSSR count). The fourth-order valence-corrected chi connectivity index (χ4v) is 0.956. The van der Waals surface area contributed by atoms with Crippen LogP contribution in [-0.2, 0) is 4.79 Å². The van der Waals surface area contributed by atoms with Crippen molar-refractivity contribution < 1.29 is 4.79 Å². The van der Waals surface area contributed by atoms with Crippen LogP contribution in [-0.4, -0.2) is 11.9 Å². The number of nitrogens with zero attached hydrogens (tertiary/aromatic N) is 1. The lowest BCUT2D eigenvalue weighted by molar-refractivity contribution is -0.117. The van der Waals surface area contributed by atoms with Gasteiger partial charge in [0.25, 0.3) is 0 Å². The molecule has 0 radical (unpaired) electrons. The van der Waals surface area contributed by atoms with Crippen molar-refractivity contribution in [2.24, 2.45) is 16.5 Å². The quantitative estimate of drug-likeness (QED) is 0.409. The summed E-state index contributed by atoms with van der Waals surface area (Å²) in [5, 5.41) is 0. The van der Waals surface area contributed by atoms with E-state index in [0.29, 0.717) is 12.8 Å². The van der Waals surface area contributed by atoms with E-state index >= 15 is 0 Å². The molecule has 0 atom stereocenters. The standard InChI is InChI=1S/C11H19N3O/c1-3-4-5-6-9(2)7-8-10(15)14-11(12)13/h4-6H,3,7-8H2,1-2H3,(H4,12,13,14,15)/b5-4-,9-6-. The van der Waals surface area contributed by atoms with Crippen LogP contribution in [0.15, 0.2) is 28.8 Å². The number of amides is 1. The number of allylic oxidation sites excluding steroid dienone is 4. The van der Waals surface area contributed by atoms with Crippen molar-refractivity contribution in [2.45, 2.75) is 33.1 Å². The highest BCUT2D eigenvalue weighted by atomic mass is 16.1. The maximum Gasteiger partial charge on any atom is 0.249 e. The Morgan fingerprint density at radius 3 is 2.53 bits per heavy atom. The molecule has 0 aromatic rings. The summed E-state index contributed by atoms with van der Waals surface area (Å²) >= 11 is 0. The van der Waals surface area contributed by atoms with E-state index in [4.69, 9.17) is 11.5 Å². The van der Waals surface area contributed by atoms with Gasteiger partial charge in [-0.3, -0.25) is 4.79 Å². The van der Waals surface area contributed by atoms with Gasteiger partial charge >= 0.3 is 0 Å². The van der Waals surface area contributed by atoms with Crippen LogP contribution in [0.4, 0.5) is 0 Å². The summed E-state index contributed by atoms with van der Waals surface area (Å²) in [5.74, 6) is -0.449. The van der Waals surface area contributed by atoms with Gasteiger partial charge in [-0.1, -0.05) is 30.7 Å². The molecule has 0 fully saturated rings. The van der Waals surface area contributed by atoms with E-state index in [2.05, 4.69) is 18.0 Å². The summed E-state index contributed by atoms with van der Waals surface area (Å²) in [6.07, 6.45) is 8.08. The zero-order valence-corrected chi connectivity index (χ0v) is 9.36. The van der Waals surface area contributed by atoms with Crippen molar-refractivity contribution in [3.63, 3.8) is 0 Å². The van der Waals surface area contributed by atoms with E-state index in [9.17, 15) is 4.79 Å². The van der Waals surface area contributed by atoms with Crippen molar-refractivity contribution in [3.8, 4) is 0 Å². The van der Waals surface area contributed by atoms with Crippen LogP contribution in [0.3, 0.4) is 0 Å². The number of hydrogen-bond donors (Lipinski definition) is 2. The van der Waals surface area contributed by atoms with E-state index in [1.807, 2.05) is 19.1 Å². The van der Waals surface area contributed by atoms with Crippen molar-refractivity contribution >= 4 is 11.9 Å². The largest absolute Gasteiger partial charge is 0.370 e. The summed E-state index contributed by atoms with van der Waals surface area (Å²) in [5.41, 5.74) is 11.3. The highest BCUT2D eigenvalue weighted by Gasteiger charge is 1.99. The van der Waals surface area contributed by atoms with Gasteiger partial charge in [0, 0.05) is 6.42 Å². The molecule has 84 valence electrons. The third-order valence-electron chi connectivity index (χ3n) is 1.74. The monoisotopic (exact) mass is 209 g/mol. The normalized spacial score (nSPS) is 11.7. The van der Waals surface area contributed by atoms with E-state index < -0.39 is 0 Å². The summed E-state index contributed by atoms with van der Waals surface area (Å²) in [4.78, 5) is 14.5. The van der Waals surface area contributed by atoms with Crippen molar-refractivity contribution in [1.29, 1.82) is 0 Å². The molecule has 0 saturated carbocycles. The number of aliphatic imine (C=N–C) groups is 1. The number of carbonyl (C=O) groups is 1. The van der Waals surface area contributed by atoms with Crippen LogP contribution in [0.1, 0.15) is 33.1 Å². The Bertz CT molecular complexity index is 286. The molecule has 0 spiro atoms. The smallest absolute Gasteiger partial charge is 0.249 e. The van der Waals surface area contributed by atoms with Gasteiger partial charge in [-0.05, 0) is 19.8 Å². The highest BCUT2D eigenvalue weighted by Crippen LogP contribution is 2.05. The van der Waals surface area contributed by atoms with Gasteiger partial charge < -0.3 is 11.5 Å². The summed E-state index contributed by atoms with van der Waals surface area (Å²) in [7, 11) is 0. The van der Waals surface area contributed by atoms with Gasteiger partial charge in [-0.25, -0.2) is 0 Å². The molecule has 0 aliphatic heterocycles. The molecule has 1 amide bonds. The molecule has 0 bridgehead atoms. The van der Waals surface area contributed by atoms with Gasteiger partial charge in [0.15, 0.2) is 5.96 Å². The second kappa shape index (κ2) is 7.79. The number of rotatable bonds is 5. The van der Waals surface area contributed by atoms with E-state index in [-0.39, 0.29) is 11.9 Å². The third kappa shape index (κ3) is 8.74. The summed E-state index contributed by atoms with van der Waals surface area (Å²) in [6.45, 7) is 4.05. The molecule has 0 aliphatic rings. The molecule has 4 N–H and O–H groups in total. The maximum absolute atomic E-state index is 11.1. The molecule has 15 heavy (non-hydrogen) atoms. The SMILES string of the molecule is CC/C=C\C=C(\C)CCC(=O)N=C(N)N. The molecular formula is C11H19N3O. The molecule has 0 heterocycles. The molecule has 4 nitrogen and oxygen atoms in total. The van der Waals surface area contributed by atoms with Crippen molar-refractivity contribution in [1.82, 2.24) is 0 Å². The predicted molar refractivity (Wildman–Crippen MR) is 63.2 cm³/mol. The molecule has 4 heteroatoms.